The molecule has 1 saturated heterocycles. The van der Waals surface area contributed by atoms with Crippen molar-refractivity contribution in [2.45, 2.75) is 44.3 Å². The molecule has 0 bridgehead atoms. The summed E-state index contributed by atoms with van der Waals surface area (Å²) in [5, 5.41) is 9.57. The van der Waals surface area contributed by atoms with E-state index in [4.69, 9.17) is 15.2 Å². The molecule has 2 atom stereocenters. The Morgan fingerprint density at radius 2 is 2.38 bits per heavy atom. The van der Waals surface area contributed by atoms with Gasteiger partial charge in [-0.3, -0.25) is 4.79 Å². The van der Waals surface area contributed by atoms with Gasteiger partial charge in [-0.05, 0) is 26.2 Å². The molecule has 0 aromatic rings. The maximum atomic E-state index is 11.4. The molecule has 1 aliphatic rings. The molecule has 5 heteroatoms. The molecule has 1 heterocycles. The zero-order valence-corrected chi connectivity index (χ0v) is 9.78. The molecular formula is C11H21NO4. The van der Waals surface area contributed by atoms with Gasteiger partial charge in [0, 0.05) is 13.2 Å². The molecule has 0 aliphatic carbocycles. The zero-order chi connectivity index (χ0) is 12.0. The summed E-state index contributed by atoms with van der Waals surface area (Å²) in [5.41, 5.74) is 4.13. The van der Waals surface area contributed by atoms with Gasteiger partial charge in [0.05, 0.1) is 18.1 Å². The van der Waals surface area contributed by atoms with E-state index in [1.807, 2.05) is 0 Å². The number of rotatable bonds is 5. The van der Waals surface area contributed by atoms with Gasteiger partial charge in [0.2, 0.25) is 0 Å². The molecule has 0 aromatic heterocycles. The summed E-state index contributed by atoms with van der Waals surface area (Å²) in [5.74, 6) is -0.426. The van der Waals surface area contributed by atoms with Crippen LogP contribution in [0.2, 0.25) is 0 Å². The van der Waals surface area contributed by atoms with Crippen LogP contribution in [0.4, 0.5) is 0 Å². The molecule has 5 nitrogen and oxygen atoms in total. The van der Waals surface area contributed by atoms with Crippen molar-refractivity contribution in [3.05, 3.63) is 0 Å². The van der Waals surface area contributed by atoms with Gasteiger partial charge >= 0.3 is 5.97 Å². The van der Waals surface area contributed by atoms with E-state index in [-0.39, 0.29) is 25.7 Å². The first-order chi connectivity index (χ1) is 7.53. The third-order valence-corrected chi connectivity index (χ3v) is 2.67. The van der Waals surface area contributed by atoms with Crippen LogP contribution in [-0.4, -0.2) is 42.5 Å². The molecule has 3 N–H and O–H groups in total. The Bertz CT molecular complexity index is 224. The number of hydrogen-bond acceptors (Lipinski definition) is 5. The molecule has 0 amide bonds. The van der Waals surface area contributed by atoms with Crippen LogP contribution < -0.4 is 5.73 Å². The lowest BCUT2D eigenvalue weighted by Crippen LogP contribution is -2.37. The maximum Gasteiger partial charge on any atom is 0.308 e. The predicted molar refractivity (Wildman–Crippen MR) is 58.8 cm³/mol. The Labute approximate surface area is 95.9 Å². The van der Waals surface area contributed by atoms with Gasteiger partial charge in [-0.15, -0.1) is 0 Å². The summed E-state index contributed by atoms with van der Waals surface area (Å²) in [4.78, 5) is 11.4. The van der Waals surface area contributed by atoms with Gasteiger partial charge in [-0.1, -0.05) is 0 Å². The highest BCUT2D eigenvalue weighted by Crippen LogP contribution is 2.14. The number of carbonyl (C=O) groups excluding carboxylic acids is 1. The minimum absolute atomic E-state index is 0.0144. The number of esters is 1. The number of nitrogens with two attached hydrogens (primary N) is 1. The molecule has 0 radical (unpaired) electrons. The van der Waals surface area contributed by atoms with Crippen molar-refractivity contribution in [3.63, 3.8) is 0 Å². The van der Waals surface area contributed by atoms with Gasteiger partial charge in [0.1, 0.15) is 6.61 Å². The fraction of sp³-hybridized carbons (Fsp3) is 0.909. The summed E-state index contributed by atoms with van der Waals surface area (Å²) in [7, 11) is 0. The molecule has 0 spiro atoms. The van der Waals surface area contributed by atoms with Crippen molar-refractivity contribution in [1.82, 2.24) is 0 Å². The van der Waals surface area contributed by atoms with Gasteiger partial charge in [0.15, 0.2) is 0 Å². The van der Waals surface area contributed by atoms with Crippen LogP contribution in [0, 0.1) is 0 Å². The Morgan fingerprint density at radius 3 is 2.94 bits per heavy atom. The summed E-state index contributed by atoms with van der Waals surface area (Å²) < 4.78 is 10.5. The van der Waals surface area contributed by atoms with E-state index in [9.17, 15) is 9.90 Å². The second kappa shape index (κ2) is 6.18. The fourth-order valence-electron chi connectivity index (χ4n) is 1.56. The Hall–Kier alpha value is -0.650. The number of carbonyl (C=O) groups is 1. The van der Waals surface area contributed by atoms with Crippen LogP contribution >= 0.6 is 0 Å². The van der Waals surface area contributed by atoms with Crippen LogP contribution in [-0.2, 0) is 14.3 Å². The second-order valence-corrected chi connectivity index (χ2v) is 4.55. The standard InChI is InChI=1S/C11H21NO4/c1-11(14,8-12)6-10(13)16-7-9-4-2-3-5-15-9/h9,14H,2-8,12H2,1H3. The molecule has 0 aromatic carbocycles. The lowest BCUT2D eigenvalue weighted by atomic mass is 10.0. The summed E-state index contributed by atoms with van der Waals surface area (Å²) >= 11 is 0. The maximum absolute atomic E-state index is 11.4. The lowest BCUT2D eigenvalue weighted by molar-refractivity contribution is -0.153. The highest BCUT2D eigenvalue weighted by Gasteiger charge is 2.24. The van der Waals surface area contributed by atoms with E-state index in [1.165, 1.54) is 6.92 Å². The molecule has 94 valence electrons. The first-order valence-corrected chi connectivity index (χ1v) is 5.73. The van der Waals surface area contributed by atoms with E-state index < -0.39 is 11.6 Å². The second-order valence-electron chi connectivity index (χ2n) is 4.55. The third-order valence-electron chi connectivity index (χ3n) is 2.67. The van der Waals surface area contributed by atoms with Gasteiger partial charge < -0.3 is 20.3 Å². The SMILES string of the molecule is CC(O)(CN)CC(=O)OCC1CCCCO1. The monoisotopic (exact) mass is 231 g/mol. The van der Waals surface area contributed by atoms with E-state index in [2.05, 4.69) is 0 Å². The molecule has 2 unspecified atom stereocenters. The van der Waals surface area contributed by atoms with Crippen LogP contribution in [0.1, 0.15) is 32.6 Å². The fourth-order valence-corrected chi connectivity index (χ4v) is 1.56. The van der Waals surface area contributed by atoms with Crippen molar-refractivity contribution in [2.75, 3.05) is 19.8 Å². The number of aliphatic hydroxyl groups is 1. The van der Waals surface area contributed by atoms with E-state index >= 15 is 0 Å². The van der Waals surface area contributed by atoms with Crippen molar-refractivity contribution in [1.29, 1.82) is 0 Å². The van der Waals surface area contributed by atoms with Crippen LogP contribution in [0.15, 0.2) is 0 Å². The van der Waals surface area contributed by atoms with E-state index in [0.717, 1.165) is 25.9 Å². The minimum atomic E-state index is -1.18. The van der Waals surface area contributed by atoms with Crippen molar-refractivity contribution in [2.24, 2.45) is 5.73 Å². The van der Waals surface area contributed by atoms with E-state index in [0.29, 0.717) is 0 Å². The van der Waals surface area contributed by atoms with Crippen LogP contribution in [0.5, 0.6) is 0 Å². The van der Waals surface area contributed by atoms with Crippen LogP contribution in [0.25, 0.3) is 0 Å². The molecule has 16 heavy (non-hydrogen) atoms. The number of ether oxygens (including phenoxy) is 2. The minimum Gasteiger partial charge on any atom is -0.463 e. The summed E-state index contributed by atoms with van der Waals surface area (Å²) in [6.45, 7) is 2.58. The summed E-state index contributed by atoms with van der Waals surface area (Å²) in [6.07, 6.45) is 3.06. The smallest absolute Gasteiger partial charge is 0.308 e. The van der Waals surface area contributed by atoms with Crippen molar-refractivity contribution in [3.8, 4) is 0 Å². The largest absolute Gasteiger partial charge is 0.463 e. The topological polar surface area (TPSA) is 81.8 Å². The quantitative estimate of drug-likeness (QED) is 0.660. The van der Waals surface area contributed by atoms with Crippen molar-refractivity contribution >= 4 is 5.97 Å². The predicted octanol–water partition coefficient (Wildman–Crippen LogP) is 0.198. The molecular weight excluding hydrogens is 210 g/mol. The van der Waals surface area contributed by atoms with Gasteiger partial charge in [0.25, 0.3) is 0 Å². The first-order valence-electron chi connectivity index (χ1n) is 5.73. The average Bonchev–Trinajstić information content (AvgIpc) is 2.27. The normalized spacial score (nSPS) is 24.8. The number of hydrogen-bond donors (Lipinski definition) is 2. The van der Waals surface area contributed by atoms with Gasteiger partial charge in [-0.2, -0.15) is 0 Å². The molecule has 0 saturated carbocycles. The van der Waals surface area contributed by atoms with E-state index in [1.54, 1.807) is 0 Å². The first kappa shape index (κ1) is 13.4. The van der Waals surface area contributed by atoms with Gasteiger partial charge in [-0.25, -0.2) is 0 Å². The molecule has 1 fully saturated rings. The molecule has 1 aliphatic heterocycles. The third kappa shape index (κ3) is 4.92. The summed E-state index contributed by atoms with van der Waals surface area (Å²) in [6, 6.07) is 0. The average molecular weight is 231 g/mol. The van der Waals surface area contributed by atoms with Crippen molar-refractivity contribution < 1.29 is 19.4 Å². The Kier molecular flexibility index (Phi) is 5.18. The highest BCUT2D eigenvalue weighted by molar-refractivity contribution is 5.70. The lowest BCUT2D eigenvalue weighted by Gasteiger charge is -2.23. The highest BCUT2D eigenvalue weighted by atomic mass is 16.6. The Morgan fingerprint density at radius 1 is 1.62 bits per heavy atom. The molecule has 1 rings (SSSR count). The Balaban J connectivity index is 2.19. The van der Waals surface area contributed by atoms with Crippen LogP contribution in [0.3, 0.4) is 0 Å². The zero-order valence-electron chi connectivity index (χ0n) is 9.78.